The van der Waals surface area contributed by atoms with E-state index in [4.69, 9.17) is 0 Å². The van der Waals surface area contributed by atoms with Crippen LogP contribution < -0.4 is 0 Å². The molecule has 0 N–H and O–H groups in total. The highest BCUT2D eigenvalue weighted by molar-refractivity contribution is 14.1. The molecule has 0 bridgehead atoms. The standard InChI is InChI=1S/C43H43I/c1-4-5-6-7-8-16-26-42(44)38-24-14-12-22-34(38)36-29-41-37(28-40(36)42)35-23-13-15-25-39(35)43(41,32-19-10-9-11-20-32)33-21-17-18-31(27-33)30(2)3/h9-15,17-25,27-30H,4-8,16,26H2,1-3H3. The van der Waals surface area contributed by atoms with Crippen LogP contribution in [0, 0.1) is 0 Å². The molecule has 2 aliphatic carbocycles. The van der Waals surface area contributed by atoms with Gasteiger partial charge >= 0.3 is 0 Å². The monoisotopic (exact) mass is 686 g/mol. The van der Waals surface area contributed by atoms with Gasteiger partial charge in [0.25, 0.3) is 0 Å². The summed E-state index contributed by atoms with van der Waals surface area (Å²) in [6, 6.07) is 44.3. The summed E-state index contributed by atoms with van der Waals surface area (Å²) in [5.74, 6) is 0.465. The van der Waals surface area contributed by atoms with Crippen LogP contribution in [0.3, 0.4) is 0 Å². The van der Waals surface area contributed by atoms with E-state index in [1.807, 2.05) is 0 Å². The Morgan fingerprint density at radius 3 is 1.86 bits per heavy atom. The molecule has 0 aliphatic heterocycles. The number of benzene rings is 5. The molecule has 2 atom stereocenters. The van der Waals surface area contributed by atoms with E-state index in [-0.39, 0.29) is 8.84 Å². The van der Waals surface area contributed by atoms with Crippen LogP contribution in [-0.4, -0.2) is 0 Å². The first kappa shape index (κ1) is 29.5. The van der Waals surface area contributed by atoms with E-state index in [1.54, 1.807) is 0 Å². The lowest BCUT2D eigenvalue weighted by Gasteiger charge is -2.35. The van der Waals surface area contributed by atoms with E-state index >= 15 is 0 Å². The van der Waals surface area contributed by atoms with Crippen LogP contribution in [0.1, 0.15) is 111 Å². The third-order valence-electron chi connectivity index (χ3n) is 10.3. The molecular formula is C43H43I. The van der Waals surface area contributed by atoms with Crippen molar-refractivity contribution in [3.05, 3.63) is 154 Å². The van der Waals surface area contributed by atoms with E-state index in [0.29, 0.717) is 5.92 Å². The lowest BCUT2D eigenvalue weighted by atomic mass is 9.67. The van der Waals surface area contributed by atoms with Crippen molar-refractivity contribution in [3.63, 3.8) is 0 Å². The minimum atomic E-state index is -0.377. The third-order valence-corrected chi connectivity index (χ3v) is 12.0. The maximum atomic E-state index is 2.82. The van der Waals surface area contributed by atoms with Gasteiger partial charge in [-0.15, -0.1) is 0 Å². The Labute approximate surface area is 278 Å². The molecule has 222 valence electrons. The number of hydrogen-bond acceptors (Lipinski definition) is 0. The van der Waals surface area contributed by atoms with Crippen LogP contribution >= 0.6 is 22.6 Å². The normalized spacial score (nSPS) is 19.5. The molecule has 7 rings (SSSR count). The van der Waals surface area contributed by atoms with Gasteiger partial charge in [0.2, 0.25) is 0 Å². The highest BCUT2D eigenvalue weighted by Crippen LogP contribution is 2.62. The molecule has 0 amide bonds. The molecule has 2 aliphatic rings. The average Bonchev–Trinajstić information content (AvgIpc) is 3.49. The number of rotatable bonds is 10. The summed E-state index contributed by atoms with van der Waals surface area (Å²) in [7, 11) is 0. The quantitative estimate of drug-likeness (QED) is 0.0764. The van der Waals surface area contributed by atoms with Crippen molar-refractivity contribution in [2.24, 2.45) is 0 Å². The molecule has 0 fully saturated rings. The molecule has 1 heteroatoms. The second-order valence-electron chi connectivity index (χ2n) is 13.2. The van der Waals surface area contributed by atoms with Gasteiger partial charge in [-0.05, 0) is 85.7 Å². The molecule has 0 saturated heterocycles. The number of halogens is 1. The molecule has 0 nitrogen and oxygen atoms in total. The van der Waals surface area contributed by atoms with Crippen molar-refractivity contribution in [1.82, 2.24) is 0 Å². The van der Waals surface area contributed by atoms with E-state index < -0.39 is 0 Å². The van der Waals surface area contributed by atoms with Gasteiger partial charge in [0.15, 0.2) is 0 Å². The lowest BCUT2D eigenvalue weighted by Crippen LogP contribution is -2.29. The highest BCUT2D eigenvalue weighted by Gasteiger charge is 2.49. The van der Waals surface area contributed by atoms with E-state index in [2.05, 4.69) is 159 Å². The van der Waals surface area contributed by atoms with Crippen molar-refractivity contribution in [1.29, 1.82) is 0 Å². The molecule has 0 aromatic heterocycles. The van der Waals surface area contributed by atoms with Gasteiger partial charge in [-0.25, -0.2) is 0 Å². The number of hydrogen-bond donors (Lipinski definition) is 0. The maximum absolute atomic E-state index is 2.82. The van der Waals surface area contributed by atoms with Crippen LogP contribution in [0.2, 0.25) is 0 Å². The molecule has 0 radical (unpaired) electrons. The van der Waals surface area contributed by atoms with Crippen LogP contribution in [0.4, 0.5) is 0 Å². The van der Waals surface area contributed by atoms with E-state index in [9.17, 15) is 0 Å². The van der Waals surface area contributed by atoms with Crippen molar-refractivity contribution in [2.75, 3.05) is 0 Å². The Morgan fingerprint density at radius 1 is 0.523 bits per heavy atom. The Kier molecular flexibility index (Phi) is 8.04. The molecular weight excluding hydrogens is 643 g/mol. The fraction of sp³-hybridized carbons (Fsp3) is 0.302. The van der Waals surface area contributed by atoms with E-state index in [0.717, 1.165) is 0 Å². The molecule has 0 saturated carbocycles. The first-order valence-corrected chi connectivity index (χ1v) is 17.8. The summed E-state index contributed by atoms with van der Waals surface area (Å²) in [5, 5.41) is 0. The molecule has 2 unspecified atom stereocenters. The van der Waals surface area contributed by atoms with Gasteiger partial charge in [0, 0.05) is 0 Å². The Morgan fingerprint density at radius 2 is 1.11 bits per heavy atom. The molecule has 0 heterocycles. The Bertz CT molecular complexity index is 1800. The largest absolute Gasteiger partial charge is 0.0730 e. The fourth-order valence-electron chi connectivity index (χ4n) is 8.11. The van der Waals surface area contributed by atoms with E-state index in [1.165, 1.54) is 106 Å². The summed E-state index contributed by atoms with van der Waals surface area (Å²) in [6.07, 6.45) is 9.14. The minimum Gasteiger partial charge on any atom is -0.0683 e. The van der Waals surface area contributed by atoms with Crippen LogP contribution in [0.5, 0.6) is 0 Å². The zero-order valence-electron chi connectivity index (χ0n) is 26.4. The summed E-state index contributed by atoms with van der Waals surface area (Å²) >= 11 is 2.82. The SMILES string of the molecule is CCCCCCCCC1(I)c2ccccc2-c2cc3c(cc21)-c1ccccc1C3(c1ccccc1)c1cccc(C(C)C)c1. The van der Waals surface area contributed by atoms with Gasteiger partial charge in [-0.1, -0.05) is 185 Å². The van der Waals surface area contributed by atoms with Crippen molar-refractivity contribution < 1.29 is 0 Å². The topological polar surface area (TPSA) is 0 Å². The van der Waals surface area contributed by atoms with Crippen LogP contribution in [0.15, 0.2) is 115 Å². The summed E-state index contributed by atoms with van der Waals surface area (Å²) in [6.45, 7) is 6.91. The van der Waals surface area contributed by atoms with Gasteiger partial charge in [-0.2, -0.15) is 0 Å². The zero-order valence-corrected chi connectivity index (χ0v) is 28.5. The number of unbranched alkanes of at least 4 members (excludes halogenated alkanes) is 5. The summed E-state index contributed by atoms with van der Waals surface area (Å²) in [5.41, 5.74) is 15.1. The van der Waals surface area contributed by atoms with Crippen LogP contribution in [-0.2, 0) is 8.84 Å². The second kappa shape index (κ2) is 12.0. The predicted molar refractivity (Wildman–Crippen MR) is 196 cm³/mol. The van der Waals surface area contributed by atoms with Crippen molar-refractivity contribution in [3.8, 4) is 22.3 Å². The number of alkyl halides is 1. The predicted octanol–water partition coefficient (Wildman–Crippen LogP) is 12.6. The zero-order chi connectivity index (χ0) is 30.3. The number of fused-ring (bicyclic) bond motifs is 6. The van der Waals surface area contributed by atoms with Crippen molar-refractivity contribution >= 4 is 22.6 Å². The lowest BCUT2D eigenvalue weighted by molar-refractivity contribution is 0.563. The van der Waals surface area contributed by atoms with Crippen LogP contribution in [0.25, 0.3) is 22.3 Å². The first-order valence-electron chi connectivity index (χ1n) is 16.7. The summed E-state index contributed by atoms with van der Waals surface area (Å²) < 4.78 is -0.00598. The summed E-state index contributed by atoms with van der Waals surface area (Å²) in [4.78, 5) is 0. The smallest absolute Gasteiger partial charge is 0.0683 e. The average molecular weight is 687 g/mol. The molecule has 0 spiro atoms. The molecule has 5 aromatic carbocycles. The fourth-order valence-corrected chi connectivity index (χ4v) is 9.41. The molecule has 44 heavy (non-hydrogen) atoms. The third kappa shape index (κ3) is 4.61. The molecule has 5 aromatic rings. The van der Waals surface area contributed by atoms with Crippen molar-refractivity contribution in [2.45, 2.75) is 80.5 Å². The second-order valence-corrected chi connectivity index (χ2v) is 15.1. The minimum absolute atomic E-state index is 0.00598. The van der Waals surface area contributed by atoms with Gasteiger partial charge in [0.1, 0.15) is 0 Å². The Balaban J connectivity index is 1.46. The van der Waals surface area contributed by atoms with Gasteiger partial charge < -0.3 is 0 Å². The Hall–Kier alpha value is -3.17. The van der Waals surface area contributed by atoms with Gasteiger partial charge in [0.05, 0.1) is 8.84 Å². The van der Waals surface area contributed by atoms with Gasteiger partial charge in [-0.3, -0.25) is 0 Å². The first-order chi connectivity index (χ1) is 21.5. The highest BCUT2D eigenvalue weighted by atomic mass is 127. The maximum Gasteiger partial charge on any atom is 0.0730 e.